The lowest BCUT2D eigenvalue weighted by Crippen LogP contribution is -2.40. The molecule has 0 unspecified atom stereocenters. The molecule has 0 saturated heterocycles. The first-order valence-electron chi connectivity index (χ1n) is 6.86. The summed E-state index contributed by atoms with van der Waals surface area (Å²) in [4.78, 5) is 31.3. The van der Waals surface area contributed by atoms with Crippen molar-refractivity contribution in [3.8, 4) is 0 Å². The van der Waals surface area contributed by atoms with E-state index in [0.717, 1.165) is 4.88 Å². The molecule has 21 heavy (non-hydrogen) atoms. The third-order valence-electron chi connectivity index (χ3n) is 3.48. The Morgan fingerprint density at radius 2 is 2.33 bits per heavy atom. The molecule has 6 nitrogen and oxygen atoms in total. The van der Waals surface area contributed by atoms with Crippen LogP contribution in [0.3, 0.4) is 0 Å². The van der Waals surface area contributed by atoms with Gasteiger partial charge in [-0.2, -0.15) is 0 Å². The molecule has 0 aromatic carbocycles. The number of rotatable bonds is 4. The van der Waals surface area contributed by atoms with E-state index in [4.69, 9.17) is 0 Å². The van der Waals surface area contributed by atoms with Gasteiger partial charge in [-0.3, -0.25) is 9.59 Å². The van der Waals surface area contributed by atoms with E-state index >= 15 is 0 Å². The van der Waals surface area contributed by atoms with Crippen LogP contribution >= 0.6 is 11.3 Å². The standard InChI is InChI=1S/C14H16N4O2S/c1-2-17-5-6-18-9-11(16-12(18)14(17)20)13(19)15-8-10-4-3-7-21-10/h3-4,7,9H,2,5-6,8H2,1H3,(H,15,19). The largest absolute Gasteiger partial charge is 0.346 e. The average molecular weight is 304 g/mol. The van der Waals surface area contributed by atoms with Gasteiger partial charge in [0, 0.05) is 30.7 Å². The molecule has 0 fully saturated rings. The first-order chi connectivity index (χ1) is 10.2. The topological polar surface area (TPSA) is 67.2 Å². The SMILES string of the molecule is CCN1CCn2cc(C(=O)NCc3cccs3)nc2C1=O. The maximum absolute atomic E-state index is 12.1. The van der Waals surface area contributed by atoms with Gasteiger partial charge in [-0.05, 0) is 18.4 Å². The zero-order valence-corrected chi connectivity index (χ0v) is 12.5. The van der Waals surface area contributed by atoms with Crippen molar-refractivity contribution in [1.82, 2.24) is 19.8 Å². The van der Waals surface area contributed by atoms with Crippen molar-refractivity contribution in [3.05, 3.63) is 40.1 Å². The van der Waals surface area contributed by atoms with Gasteiger partial charge < -0.3 is 14.8 Å². The van der Waals surface area contributed by atoms with Gasteiger partial charge in [0.2, 0.25) is 0 Å². The van der Waals surface area contributed by atoms with Crippen molar-refractivity contribution in [2.75, 3.05) is 13.1 Å². The number of fused-ring (bicyclic) bond motifs is 1. The van der Waals surface area contributed by atoms with E-state index in [0.29, 0.717) is 37.7 Å². The molecule has 2 amide bonds. The van der Waals surface area contributed by atoms with Crippen LogP contribution in [0.1, 0.15) is 32.9 Å². The number of likely N-dealkylation sites (N-methyl/N-ethyl adjacent to an activating group) is 1. The van der Waals surface area contributed by atoms with Crippen molar-refractivity contribution < 1.29 is 9.59 Å². The Bertz CT molecular complexity index is 663. The van der Waals surface area contributed by atoms with Crippen LogP contribution in [0.2, 0.25) is 0 Å². The van der Waals surface area contributed by atoms with Crippen LogP contribution < -0.4 is 5.32 Å². The fourth-order valence-corrected chi connectivity index (χ4v) is 2.96. The third kappa shape index (κ3) is 2.69. The van der Waals surface area contributed by atoms with E-state index in [-0.39, 0.29) is 11.8 Å². The number of carbonyl (C=O) groups is 2. The summed E-state index contributed by atoms with van der Waals surface area (Å²) < 4.78 is 1.76. The highest BCUT2D eigenvalue weighted by molar-refractivity contribution is 7.09. The molecular formula is C14H16N4O2S. The van der Waals surface area contributed by atoms with Gasteiger partial charge in [-0.1, -0.05) is 6.07 Å². The Balaban J connectivity index is 1.72. The minimum atomic E-state index is -0.249. The quantitative estimate of drug-likeness (QED) is 0.927. The number of carbonyl (C=O) groups excluding carboxylic acids is 2. The zero-order chi connectivity index (χ0) is 14.8. The van der Waals surface area contributed by atoms with Gasteiger partial charge in [-0.25, -0.2) is 4.98 Å². The minimum Gasteiger partial charge on any atom is -0.346 e. The fourth-order valence-electron chi connectivity index (χ4n) is 2.31. The zero-order valence-electron chi connectivity index (χ0n) is 11.7. The molecule has 3 heterocycles. The lowest BCUT2D eigenvalue weighted by molar-refractivity contribution is 0.0707. The Hall–Kier alpha value is -2.15. The summed E-state index contributed by atoms with van der Waals surface area (Å²) in [5.41, 5.74) is 0.299. The van der Waals surface area contributed by atoms with E-state index in [1.807, 2.05) is 24.4 Å². The number of nitrogens with one attached hydrogen (secondary N) is 1. The molecular weight excluding hydrogens is 288 g/mol. The van der Waals surface area contributed by atoms with Crippen LogP contribution in [0.25, 0.3) is 0 Å². The Kier molecular flexibility index (Phi) is 3.74. The molecule has 0 radical (unpaired) electrons. The lowest BCUT2D eigenvalue weighted by atomic mass is 10.3. The van der Waals surface area contributed by atoms with Crippen LogP contribution in [0.5, 0.6) is 0 Å². The maximum Gasteiger partial charge on any atom is 0.289 e. The number of amides is 2. The molecule has 2 aromatic heterocycles. The van der Waals surface area contributed by atoms with Crippen LogP contribution in [0.15, 0.2) is 23.7 Å². The summed E-state index contributed by atoms with van der Waals surface area (Å²) in [6.07, 6.45) is 1.66. The second-order valence-electron chi connectivity index (χ2n) is 4.79. The number of nitrogens with zero attached hydrogens (tertiary/aromatic N) is 3. The molecule has 0 spiro atoms. The number of hydrogen-bond acceptors (Lipinski definition) is 4. The van der Waals surface area contributed by atoms with Gasteiger partial charge in [0.15, 0.2) is 5.82 Å². The summed E-state index contributed by atoms with van der Waals surface area (Å²) >= 11 is 1.59. The van der Waals surface area contributed by atoms with E-state index in [9.17, 15) is 9.59 Å². The first kappa shape index (κ1) is 13.8. The van der Waals surface area contributed by atoms with Crippen molar-refractivity contribution in [3.63, 3.8) is 0 Å². The molecule has 3 rings (SSSR count). The van der Waals surface area contributed by atoms with Gasteiger partial charge in [0.1, 0.15) is 5.69 Å². The van der Waals surface area contributed by atoms with Crippen molar-refractivity contribution in [2.45, 2.75) is 20.0 Å². The summed E-state index contributed by atoms with van der Waals surface area (Å²) in [7, 11) is 0. The Labute approximate surface area is 126 Å². The maximum atomic E-state index is 12.1. The predicted molar refractivity (Wildman–Crippen MR) is 79.3 cm³/mol. The van der Waals surface area contributed by atoms with Gasteiger partial charge in [0.05, 0.1) is 6.54 Å². The Morgan fingerprint density at radius 1 is 1.48 bits per heavy atom. The number of imidazole rings is 1. The van der Waals surface area contributed by atoms with Crippen molar-refractivity contribution >= 4 is 23.2 Å². The normalized spacial score (nSPS) is 14.1. The second kappa shape index (κ2) is 5.69. The highest BCUT2D eigenvalue weighted by atomic mass is 32.1. The van der Waals surface area contributed by atoms with Crippen molar-refractivity contribution in [2.24, 2.45) is 0 Å². The van der Waals surface area contributed by atoms with Crippen molar-refractivity contribution in [1.29, 1.82) is 0 Å². The van der Waals surface area contributed by atoms with Crippen LogP contribution in [0, 0.1) is 0 Å². The van der Waals surface area contributed by atoms with E-state index in [1.165, 1.54) is 0 Å². The molecule has 0 bridgehead atoms. The van der Waals surface area contributed by atoms with Gasteiger partial charge >= 0.3 is 0 Å². The molecule has 110 valence electrons. The molecule has 2 aromatic rings. The van der Waals surface area contributed by atoms with Crippen LogP contribution in [-0.2, 0) is 13.1 Å². The van der Waals surface area contributed by atoms with Gasteiger partial charge in [0.25, 0.3) is 11.8 Å². The van der Waals surface area contributed by atoms with E-state index in [2.05, 4.69) is 10.3 Å². The average Bonchev–Trinajstić information content (AvgIpc) is 3.14. The Morgan fingerprint density at radius 3 is 3.05 bits per heavy atom. The van der Waals surface area contributed by atoms with Crippen LogP contribution in [0.4, 0.5) is 0 Å². The fraction of sp³-hybridized carbons (Fsp3) is 0.357. The summed E-state index contributed by atoms with van der Waals surface area (Å²) in [5.74, 6) is -0.00780. The summed E-state index contributed by atoms with van der Waals surface area (Å²) in [5, 5.41) is 4.79. The van der Waals surface area contributed by atoms with Gasteiger partial charge in [-0.15, -0.1) is 11.3 Å². The minimum absolute atomic E-state index is 0.110. The molecule has 0 saturated carbocycles. The molecule has 0 aliphatic carbocycles. The highest BCUT2D eigenvalue weighted by Crippen LogP contribution is 2.13. The molecule has 0 atom stereocenters. The smallest absolute Gasteiger partial charge is 0.289 e. The van der Waals surface area contributed by atoms with E-state index < -0.39 is 0 Å². The number of hydrogen-bond donors (Lipinski definition) is 1. The molecule has 1 N–H and O–H groups in total. The number of aromatic nitrogens is 2. The number of thiophene rings is 1. The summed E-state index contributed by atoms with van der Waals surface area (Å²) in [6, 6.07) is 3.91. The lowest BCUT2D eigenvalue weighted by Gasteiger charge is -2.25. The third-order valence-corrected chi connectivity index (χ3v) is 4.36. The molecule has 1 aliphatic rings. The first-order valence-corrected chi connectivity index (χ1v) is 7.74. The molecule has 7 heteroatoms. The predicted octanol–water partition coefficient (Wildman–Crippen LogP) is 1.35. The van der Waals surface area contributed by atoms with E-state index in [1.54, 1.807) is 27.0 Å². The summed E-state index contributed by atoms with van der Waals surface area (Å²) in [6.45, 7) is 4.42. The van der Waals surface area contributed by atoms with Crippen LogP contribution in [-0.4, -0.2) is 39.4 Å². The second-order valence-corrected chi connectivity index (χ2v) is 5.82. The monoisotopic (exact) mass is 304 g/mol. The molecule has 1 aliphatic heterocycles. The highest BCUT2D eigenvalue weighted by Gasteiger charge is 2.27.